The fraction of sp³-hybridized carbons (Fsp3) is 0.0128. The standard InChI is InChI=1S/C78H49GeN5S/c1-3-25-53(26-4-1)79(54-27-5-2-6-28-54,56-44-47-64-72(49-56)85-71-41-20-15-36-63(71)78(64)65-45-42-50-22-7-9-30-57(50)73(65)74-58-31-10-8-23-51(58)43-46-66(74)78)55-29-21-24-52(48-55)75-80-76(83-67-37-16-11-32-59(67)60-33-12-17-38-68(60)83)82-77(81-75)84-69-39-18-13-34-61(69)62-35-14-19-40-70(62)84/h1-49H/i1D,2D,3D,4D,5D,6D,11D,12D,13D,14D,16D,17D,18D,19D,21D,24D,25D,26D,27D,28D,29D,32D,33D,34D,35D,37D,38D,39D,40D,48D. The van der Waals surface area contributed by atoms with Crippen LogP contribution in [-0.4, -0.2) is 37.4 Å². The molecule has 85 heavy (non-hydrogen) atoms. The number of nitrogens with zero attached hydrogens (tertiary/aromatic N) is 5. The van der Waals surface area contributed by atoms with Crippen molar-refractivity contribution < 1.29 is 41.1 Å². The molecule has 0 fully saturated rings. The average Bonchev–Trinajstić information content (AvgIpc) is 1.54. The monoisotopic (exact) mass is 1190 g/mol. The van der Waals surface area contributed by atoms with Crippen LogP contribution in [0.3, 0.4) is 0 Å². The molecule has 0 saturated heterocycles. The third-order valence-electron chi connectivity index (χ3n) is 16.3. The van der Waals surface area contributed by atoms with Gasteiger partial charge in [0.15, 0.2) is 0 Å². The molecule has 0 N–H and O–H groups in total. The fourth-order valence-electron chi connectivity index (χ4n) is 12.9. The van der Waals surface area contributed by atoms with Crippen molar-refractivity contribution in [2.45, 2.75) is 15.2 Å². The molecule has 396 valence electrons. The number of para-hydroxylation sites is 4. The number of hydrogen-bond acceptors (Lipinski definition) is 4. The van der Waals surface area contributed by atoms with E-state index in [2.05, 4.69) is 12.1 Å². The summed E-state index contributed by atoms with van der Waals surface area (Å²) in [5, 5.41) is 1.46. The molecule has 5 nitrogen and oxygen atoms in total. The summed E-state index contributed by atoms with van der Waals surface area (Å²) in [4.78, 5) is 15.5. The van der Waals surface area contributed by atoms with Gasteiger partial charge in [0, 0.05) is 0 Å². The summed E-state index contributed by atoms with van der Waals surface area (Å²) in [5.41, 5.74) is -0.0545. The van der Waals surface area contributed by atoms with Gasteiger partial charge in [-0.05, 0) is 0 Å². The molecule has 1 aliphatic carbocycles. The first kappa shape index (κ1) is 27.5. The van der Waals surface area contributed by atoms with E-state index in [-0.39, 0.29) is 4.40 Å². The zero-order valence-corrected chi connectivity index (χ0v) is 46.5. The van der Waals surface area contributed by atoms with E-state index in [1.807, 2.05) is 84.9 Å². The van der Waals surface area contributed by atoms with E-state index < -0.39 is 280 Å². The van der Waals surface area contributed by atoms with Crippen molar-refractivity contribution in [3.8, 4) is 34.4 Å². The van der Waals surface area contributed by atoms with E-state index in [4.69, 9.17) is 28.7 Å². The minimum atomic E-state index is -7.16. The molecule has 0 unspecified atom stereocenters. The van der Waals surface area contributed by atoms with Crippen LogP contribution in [-0.2, 0) is 5.41 Å². The van der Waals surface area contributed by atoms with E-state index >= 15 is 0 Å². The summed E-state index contributed by atoms with van der Waals surface area (Å²) in [6, 6.07) is 7.15. The van der Waals surface area contributed by atoms with E-state index in [1.165, 1.54) is 17.8 Å². The summed E-state index contributed by atoms with van der Waals surface area (Å²) in [6.07, 6.45) is 0. The molecule has 3 aromatic heterocycles. The average molecular weight is 1190 g/mol. The molecular weight excluding hydrogens is 1110 g/mol. The molecule has 0 radical (unpaired) electrons. The molecule has 0 atom stereocenters. The number of hydrogen-bond donors (Lipinski definition) is 0. The Morgan fingerprint density at radius 3 is 1.34 bits per heavy atom. The summed E-state index contributed by atoms with van der Waals surface area (Å²) < 4.78 is 286. The van der Waals surface area contributed by atoms with Crippen molar-refractivity contribution in [2.24, 2.45) is 0 Å². The van der Waals surface area contributed by atoms with Gasteiger partial charge in [-0.15, -0.1) is 0 Å². The third kappa shape index (κ3) is 6.86. The van der Waals surface area contributed by atoms with Gasteiger partial charge in [-0.1, -0.05) is 0 Å². The van der Waals surface area contributed by atoms with Crippen LogP contribution in [0, 0.1) is 0 Å². The van der Waals surface area contributed by atoms with Gasteiger partial charge < -0.3 is 0 Å². The molecule has 1 spiro atoms. The van der Waals surface area contributed by atoms with Crippen LogP contribution >= 0.6 is 11.8 Å². The van der Waals surface area contributed by atoms with Crippen molar-refractivity contribution in [3.05, 3.63) is 319 Å². The van der Waals surface area contributed by atoms with E-state index in [0.717, 1.165) is 58.5 Å². The summed E-state index contributed by atoms with van der Waals surface area (Å²) in [6.45, 7) is 0. The number of fused-ring (bicyclic) bond motifs is 19. The Hall–Kier alpha value is -10.1. The fourth-order valence-corrected chi connectivity index (χ4v) is 22.5. The van der Waals surface area contributed by atoms with Crippen molar-refractivity contribution in [1.82, 2.24) is 24.1 Å². The molecule has 0 amide bonds. The second kappa shape index (κ2) is 18.7. The zero-order chi connectivity index (χ0) is 81.9. The summed E-state index contributed by atoms with van der Waals surface area (Å²) in [7, 11) is 0. The number of rotatable bonds is 7. The SMILES string of the molecule is [2H]c1c([2H])c([2H])[c]([Ge]([c]2ccc3c(c2)Sc2ccccc2C32c3ccc4ccccc4c3-c3c2ccc2ccccc32)([c]2c([2H])c([2H])c([2H])c([2H])c2[2H])[c]2c([2H])c([2H])c([2H])c(-c3nc(-n4c5c([2H])c([2H])c([2H])c([2H])c5c5c([2H])c([2H])c([2H])c([2H])c54)nc(-n4c5c([2H])c([2H])c([2H])c([2H])c5c5c([2H])c([2H])c([2H])c([2H])c54)n3)c2[2H])c([2H])c1[2H]. The van der Waals surface area contributed by atoms with Gasteiger partial charge in [0.1, 0.15) is 0 Å². The molecule has 13 aromatic carbocycles. The van der Waals surface area contributed by atoms with Gasteiger partial charge in [0.2, 0.25) is 0 Å². The van der Waals surface area contributed by atoms with Gasteiger partial charge in [-0.3, -0.25) is 0 Å². The van der Waals surface area contributed by atoms with Crippen LogP contribution in [0.15, 0.2) is 306 Å². The predicted molar refractivity (Wildman–Crippen MR) is 354 cm³/mol. The molecule has 1 aliphatic heterocycles. The van der Waals surface area contributed by atoms with Crippen molar-refractivity contribution in [3.63, 3.8) is 0 Å². The number of benzene rings is 13. The van der Waals surface area contributed by atoms with E-state index in [0.29, 0.717) is 15.4 Å². The quantitative estimate of drug-likeness (QED) is 0.149. The second-order valence-electron chi connectivity index (χ2n) is 20.3. The van der Waals surface area contributed by atoms with Crippen LogP contribution in [0.25, 0.3) is 99.6 Å². The Balaban J connectivity index is 1.05. The first-order valence-corrected chi connectivity index (χ1v) is 31.6. The summed E-state index contributed by atoms with van der Waals surface area (Å²) >= 11 is -5.93. The third-order valence-corrected chi connectivity index (χ3v) is 26.2. The van der Waals surface area contributed by atoms with Crippen LogP contribution < -0.4 is 17.6 Å². The van der Waals surface area contributed by atoms with Crippen molar-refractivity contribution in [2.75, 3.05) is 0 Å². The Morgan fingerprint density at radius 2 is 0.800 bits per heavy atom. The first-order valence-electron chi connectivity index (χ1n) is 41.6. The van der Waals surface area contributed by atoms with Crippen LogP contribution in [0.1, 0.15) is 63.4 Å². The molecule has 18 rings (SSSR count). The molecule has 4 heterocycles. The van der Waals surface area contributed by atoms with Crippen molar-refractivity contribution >= 4 is 108 Å². The molecular formula is C78H49GeN5S. The Morgan fingerprint density at radius 1 is 0.353 bits per heavy atom. The molecule has 7 heteroatoms. The van der Waals surface area contributed by atoms with Gasteiger partial charge in [-0.2, -0.15) is 0 Å². The van der Waals surface area contributed by atoms with Gasteiger partial charge in [0.25, 0.3) is 0 Å². The maximum absolute atomic E-state index is 11.2. The van der Waals surface area contributed by atoms with E-state index in [9.17, 15) is 27.4 Å². The topological polar surface area (TPSA) is 48.5 Å². The normalized spacial score (nSPS) is 18.2. The summed E-state index contributed by atoms with van der Waals surface area (Å²) in [5.74, 6) is -3.04. The molecule has 2 aliphatic rings. The maximum atomic E-state index is 11.2. The predicted octanol–water partition coefficient (Wildman–Crippen LogP) is 16.2. The van der Waals surface area contributed by atoms with Gasteiger partial charge in [0.05, 0.1) is 0 Å². The number of aromatic nitrogens is 5. The first-order chi connectivity index (χ1) is 54.6. The van der Waals surface area contributed by atoms with Crippen LogP contribution in [0.5, 0.6) is 0 Å². The second-order valence-corrected chi connectivity index (χ2v) is 28.9. The van der Waals surface area contributed by atoms with Gasteiger partial charge >= 0.3 is 541 Å². The van der Waals surface area contributed by atoms with Crippen LogP contribution in [0.4, 0.5) is 0 Å². The van der Waals surface area contributed by atoms with Crippen molar-refractivity contribution in [1.29, 1.82) is 0 Å². The molecule has 0 bridgehead atoms. The Kier molecular flexibility index (Phi) is 6.05. The Bertz CT molecular complexity index is 6760. The molecule has 0 saturated carbocycles. The zero-order valence-electron chi connectivity index (χ0n) is 73.6. The molecule has 16 aromatic rings. The van der Waals surface area contributed by atoms with Gasteiger partial charge in [-0.25, -0.2) is 0 Å². The van der Waals surface area contributed by atoms with Crippen LogP contribution in [0.2, 0.25) is 0 Å². The Labute approximate surface area is 539 Å². The minimum absolute atomic E-state index is 0.183. The van der Waals surface area contributed by atoms with E-state index in [1.54, 1.807) is 12.1 Å².